The molecule has 1 atom stereocenters. The fourth-order valence-corrected chi connectivity index (χ4v) is 2.26. The second kappa shape index (κ2) is 9.51. The molecule has 0 aliphatic heterocycles. The van der Waals surface area contributed by atoms with E-state index in [1.807, 2.05) is 24.3 Å². The van der Waals surface area contributed by atoms with Crippen LogP contribution >= 0.6 is 0 Å². The van der Waals surface area contributed by atoms with E-state index in [4.69, 9.17) is 4.74 Å². The fourth-order valence-electron chi connectivity index (χ4n) is 2.26. The highest BCUT2D eigenvalue weighted by molar-refractivity contribution is 5.92. The van der Waals surface area contributed by atoms with Crippen molar-refractivity contribution in [2.24, 2.45) is 0 Å². The molecule has 1 aromatic carbocycles. The number of aromatic nitrogens is 2. The summed E-state index contributed by atoms with van der Waals surface area (Å²) < 4.78 is 5.63. The Morgan fingerprint density at radius 1 is 1.04 bits per heavy atom. The zero-order valence-corrected chi connectivity index (χ0v) is 15.6. The number of amides is 2. The van der Waals surface area contributed by atoms with Crippen molar-refractivity contribution in [2.75, 3.05) is 13.1 Å². The van der Waals surface area contributed by atoms with E-state index in [9.17, 15) is 14.4 Å². The number of benzene rings is 1. The van der Waals surface area contributed by atoms with Gasteiger partial charge in [-0.05, 0) is 36.6 Å². The monoisotopic (exact) mass is 372 g/mol. The third-order valence-corrected chi connectivity index (χ3v) is 3.85. The number of aromatic amines is 1. The van der Waals surface area contributed by atoms with Gasteiger partial charge in [0.2, 0.25) is 0 Å². The van der Waals surface area contributed by atoms with E-state index in [-0.39, 0.29) is 30.2 Å². The van der Waals surface area contributed by atoms with E-state index >= 15 is 0 Å². The van der Waals surface area contributed by atoms with Crippen LogP contribution in [0.3, 0.4) is 0 Å². The van der Waals surface area contributed by atoms with Crippen molar-refractivity contribution >= 4 is 11.8 Å². The summed E-state index contributed by atoms with van der Waals surface area (Å²) in [7, 11) is 0. The molecule has 8 nitrogen and oxygen atoms in total. The first-order valence-electron chi connectivity index (χ1n) is 8.75. The highest BCUT2D eigenvalue weighted by Gasteiger charge is 2.14. The quantitative estimate of drug-likeness (QED) is 0.603. The van der Waals surface area contributed by atoms with Crippen molar-refractivity contribution < 1.29 is 14.3 Å². The van der Waals surface area contributed by atoms with E-state index in [0.717, 1.165) is 0 Å². The lowest BCUT2D eigenvalue weighted by Crippen LogP contribution is -2.40. The lowest BCUT2D eigenvalue weighted by Gasteiger charge is -2.15. The van der Waals surface area contributed by atoms with Crippen molar-refractivity contribution in [3.05, 3.63) is 58.0 Å². The first-order valence-corrected chi connectivity index (χ1v) is 8.75. The molecule has 1 heterocycles. The molecule has 2 aromatic rings. The van der Waals surface area contributed by atoms with Gasteiger partial charge in [0.05, 0.1) is 0 Å². The summed E-state index contributed by atoms with van der Waals surface area (Å²) in [6.45, 7) is 6.35. The first-order chi connectivity index (χ1) is 12.9. The van der Waals surface area contributed by atoms with Crippen molar-refractivity contribution in [1.29, 1.82) is 0 Å². The van der Waals surface area contributed by atoms with Gasteiger partial charge in [-0.3, -0.25) is 14.4 Å². The highest BCUT2D eigenvalue weighted by Crippen LogP contribution is 2.19. The molecule has 0 spiro atoms. The Bertz CT molecular complexity index is 810. The summed E-state index contributed by atoms with van der Waals surface area (Å²) >= 11 is 0. The number of hydrogen-bond donors (Lipinski definition) is 3. The molecule has 27 heavy (non-hydrogen) atoms. The zero-order chi connectivity index (χ0) is 19.8. The average molecular weight is 372 g/mol. The van der Waals surface area contributed by atoms with E-state index < -0.39 is 12.0 Å². The molecule has 0 aliphatic carbocycles. The van der Waals surface area contributed by atoms with Crippen LogP contribution in [0.15, 0.2) is 41.2 Å². The minimum Gasteiger partial charge on any atom is -0.481 e. The number of ether oxygens (including phenoxy) is 1. The molecule has 2 rings (SSSR count). The lowest BCUT2D eigenvalue weighted by molar-refractivity contribution is -0.127. The van der Waals surface area contributed by atoms with Crippen molar-refractivity contribution in [2.45, 2.75) is 32.8 Å². The van der Waals surface area contributed by atoms with Gasteiger partial charge in [-0.2, -0.15) is 5.10 Å². The third kappa shape index (κ3) is 6.25. The van der Waals surface area contributed by atoms with Crippen LogP contribution in [0.25, 0.3) is 0 Å². The van der Waals surface area contributed by atoms with Crippen LogP contribution in [-0.2, 0) is 4.79 Å². The van der Waals surface area contributed by atoms with Crippen molar-refractivity contribution in [1.82, 2.24) is 20.8 Å². The Labute approximate surface area is 157 Å². The van der Waals surface area contributed by atoms with Crippen LogP contribution in [0.1, 0.15) is 42.7 Å². The second-order valence-electron chi connectivity index (χ2n) is 6.34. The molecular formula is C19H24N4O4. The molecule has 3 N–H and O–H groups in total. The lowest BCUT2D eigenvalue weighted by atomic mass is 10.0. The maximum atomic E-state index is 12.1. The minimum atomic E-state index is -0.661. The summed E-state index contributed by atoms with van der Waals surface area (Å²) in [5, 5.41) is 11.1. The normalized spacial score (nSPS) is 11.7. The van der Waals surface area contributed by atoms with Crippen LogP contribution in [0, 0.1) is 0 Å². The SMILES string of the molecule is CC(Oc1ccc(C(C)C)cc1)C(=O)NCCNC(=O)c1ccc(=O)[nH]n1. The molecule has 0 aliphatic rings. The van der Waals surface area contributed by atoms with Crippen LogP contribution in [-0.4, -0.2) is 41.2 Å². The van der Waals surface area contributed by atoms with E-state index in [2.05, 4.69) is 34.7 Å². The Morgan fingerprint density at radius 3 is 2.30 bits per heavy atom. The molecule has 0 radical (unpaired) electrons. The van der Waals surface area contributed by atoms with Crippen LogP contribution in [0.2, 0.25) is 0 Å². The number of nitrogens with one attached hydrogen (secondary N) is 3. The Morgan fingerprint density at radius 2 is 1.70 bits per heavy atom. The molecule has 2 amide bonds. The zero-order valence-electron chi connectivity index (χ0n) is 15.6. The van der Waals surface area contributed by atoms with Gasteiger partial charge in [0.25, 0.3) is 17.4 Å². The molecule has 0 saturated heterocycles. The largest absolute Gasteiger partial charge is 0.481 e. The van der Waals surface area contributed by atoms with Gasteiger partial charge in [-0.15, -0.1) is 0 Å². The number of hydrogen-bond acceptors (Lipinski definition) is 5. The molecule has 1 unspecified atom stereocenters. The molecule has 1 aromatic heterocycles. The number of carbonyl (C=O) groups is 2. The molecule has 144 valence electrons. The predicted octanol–water partition coefficient (Wildman–Crippen LogP) is 1.21. The van der Waals surface area contributed by atoms with Crippen LogP contribution < -0.4 is 20.9 Å². The van der Waals surface area contributed by atoms with Gasteiger partial charge >= 0.3 is 0 Å². The summed E-state index contributed by atoms with van der Waals surface area (Å²) in [6.07, 6.45) is -0.661. The topological polar surface area (TPSA) is 113 Å². The van der Waals surface area contributed by atoms with Gasteiger partial charge in [-0.1, -0.05) is 26.0 Å². The fraction of sp³-hybridized carbons (Fsp3) is 0.368. The molecule has 8 heteroatoms. The van der Waals surface area contributed by atoms with Crippen LogP contribution in [0.4, 0.5) is 0 Å². The average Bonchev–Trinajstić information content (AvgIpc) is 2.65. The van der Waals surface area contributed by atoms with E-state index in [0.29, 0.717) is 11.7 Å². The number of H-pyrrole nitrogens is 1. The summed E-state index contributed by atoms with van der Waals surface area (Å²) in [4.78, 5) is 34.8. The Kier molecular flexibility index (Phi) is 7.10. The molecular weight excluding hydrogens is 348 g/mol. The minimum absolute atomic E-state index is 0.0995. The van der Waals surface area contributed by atoms with Crippen LogP contribution in [0.5, 0.6) is 5.75 Å². The van der Waals surface area contributed by atoms with Gasteiger partial charge in [-0.25, -0.2) is 5.10 Å². The maximum Gasteiger partial charge on any atom is 0.271 e. The third-order valence-electron chi connectivity index (χ3n) is 3.85. The molecule has 0 fully saturated rings. The number of carbonyl (C=O) groups excluding carboxylic acids is 2. The van der Waals surface area contributed by atoms with Gasteiger partial charge in [0.1, 0.15) is 11.4 Å². The van der Waals surface area contributed by atoms with E-state index in [1.54, 1.807) is 6.92 Å². The summed E-state index contributed by atoms with van der Waals surface area (Å²) in [5.74, 6) is 0.343. The van der Waals surface area contributed by atoms with Crippen molar-refractivity contribution in [3.63, 3.8) is 0 Å². The Balaban J connectivity index is 1.72. The first kappa shape index (κ1) is 20.2. The van der Waals surface area contributed by atoms with E-state index in [1.165, 1.54) is 17.7 Å². The van der Waals surface area contributed by atoms with Crippen molar-refractivity contribution in [3.8, 4) is 5.75 Å². The Hall–Kier alpha value is -3.16. The summed E-state index contributed by atoms with van der Waals surface area (Å²) in [6, 6.07) is 10.2. The highest BCUT2D eigenvalue weighted by atomic mass is 16.5. The van der Waals surface area contributed by atoms with Gasteiger partial charge in [0.15, 0.2) is 6.10 Å². The standard InChI is InChI=1S/C19H24N4O4/c1-12(2)14-4-6-15(7-5-14)27-13(3)18(25)20-10-11-21-19(26)16-8-9-17(24)23-22-16/h4-9,12-13H,10-11H2,1-3H3,(H,20,25)(H,21,26)(H,23,24). The number of rotatable bonds is 8. The predicted molar refractivity (Wildman–Crippen MR) is 101 cm³/mol. The van der Waals surface area contributed by atoms with Gasteiger partial charge < -0.3 is 15.4 Å². The maximum absolute atomic E-state index is 12.1. The number of nitrogens with zero attached hydrogens (tertiary/aromatic N) is 1. The summed E-state index contributed by atoms with van der Waals surface area (Å²) in [5.41, 5.74) is 0.918. The molecule has 0 saturated carbocycles. The molecule has 0 bridgehead atoms. The van der Waals surface area contributed by atoms with Gasteiger partial charge in [0, 0.05) is 19.2 Å². The second-order valence-corrected chi connectivity index (χ2v) is 6.34. The smallest absolute Gasteiger partial charge is 0.271 e.